The fraction of sp³-hybridized carbons (Fsp3) is 0.467. The van der Waals surface area contributed by atoms with E-state index in [0.29, 0.717) is 19.6 Å². The molecule has 0 unspecified atom stereocenters. The summed E-state index contributed by atoms with van der Waals surface area (Å²) in [5.74, 6) is -0.000773. The van der Waals surface area contributed by atoms with Crippen molar-refractivity contribution in [3.05, 3.63) is 23.8 Å². The van der Waals surface area contributed by atoms with Gasteiger partial charge in [-0.15, -0.1) is 0 Å². The van der Waals surface area contributed by atoms with Crippen molar-refractivity contribution < 1.29 is 14.3 Å². The van der Waals surface area contributed by atoms with Gasteiger partial charge in [-0.05, 0) is 44.0 Å². The summed E-state index contributed by atoms with van der Waals surface area (Å²) in [7, 11) is 0. The van der Waals surface area contributed by atoms with Gasteiger partial charge in [-0.3, -0.25) is 9.59 Å². The maximum Gasteiger partial charge on any atom is 0.250 e. The molecule has 0 aromatic heterocycles. The highest BCUT2D eigenvalue weighted by molar-refractivity contribution is 5.97. The summed E-state index contributed by atoms with van der Waals surface area (Å²) >= 11 is 0. The minimum atomic E-state index is -0.161. The van der Waals surface area contributed by atoms with Crippen LogP contribution in [-0.2, 0) is 20.7 Å². The van der Waals surface area contributed by atoms with E-state index in [4.69, 9.17) is 4.74 Å². The van der Waals surface area contributed by atoms with Gasteiger partial charge in [-0.25, -0.2) is 0 Å². The monoisotopic (exact) mass is 276 g/mol. The lowest BCUT2D eigenvalue weighted by Crippen LogP contribution is -2.34. The number of aryl methyl sites for hydroxylation is 1. The van der Waals surface area contributed by atoms with Crippen molar-refractivity contribution in [1.29, 1.82) is 0 Å². The first kappa shape index (κ1) is 14.5. The molecule has 0 spiro atoms. The number of rotatable bonds is 5. The van der Waals surface area contributed by atoms with Gasteiger partial charge in [-0.2, -0.15) is 0 Å². The number of fused-ring (bicyclic) bond motifs is 1. The zero-order valence-corrected chi connectivity index (χ0v) is 11.9. The Balaban J connectivity index is 2.12. The van der Waals surface area contributed by atoms with Crippen LogP contribution in [0.3, 0.4) is 0 Å². The number of nitrogens with zero attached hydrogens (tertiary/aromatic N) is 1. The number of carbonyl (C=O) groups excluding carboxylic acids is 2. The number of ether oxygens (including phenoxy) is 1. The molecule has 0 saturated carbocycles. The van der Waals surface area contributed by atoms with Crippen LogP contribution in [0.1, 0.15) is 25.8 Å². The van der Waals surface area contributed by atoms with E-state index in [1.165, 1.54) is 0 Å². The van der Waals surface area contributed by atoms with Crippen LogP contribution in [-0.4, -0.2) is 31.6 Å². The summed E-state index contributed by atoms with van der Waals surface area (Å²) in [6.45, 7) is 5.06. The topological polar surface area (TPSA) is 58.6 Å². The number of hydrogen-bond donors (Lipinski definition) is 1. The van der Waals surface area contributed by atoms with Gasteiger partial charge in [0, 0.05) is 30.9 Å². The molecule has 1 aliphatic heterocycles. The third-order valence-electron chi connectivity index (χ3n) is 3.32. The predicted molar refractivity (Wildman–Crippen MR) is 77.9 cm³/mol. The molecule has 0 saturated heterocycles. The molecule has 0 bridgehead atoms. The van der Waals surface area contributed by atoms with Gasteiger partial charge in [0.1, 0.15) is 6.61 Å². The quantitative estimate of drug-likeness (QED) is 0.894. The molecule has 0 fully saturated rings. The van der Waals surface area contributed by atoms with Crippen LogP contribution in [0.25, 0.3) is 0 Å². The first-order chi connectivity index (χ1) is 9.65. The van der Waals surface area contributed by atoms with Crippen molar-refractivity contribution in [2.45, 2.75) is 26.7 Å². The molecule has 0 radical (unpaired) electrons. The van der Waals surface area contributed by atoms with Crippen molar-refractivity contribution in [2.75, 3.05) is 30.0 Å². The molecule has 2 amide bonds. The van der Waals surface area contributed by atoms with E-state index in [2.05, 4.69) is 5.32 Å². The third kappa shape index (κ3) is 3.17. The van der Waals surface area contributed by atoms with Crippen molar-refractivity contribution in [2.24, 2.45) is 0 Å². The van der Waals surface area contributed by atoms with Gasteiger partial charge in [0.25, 0.3) is 0 Å². The van der Waals surface area contributed by atoms with Gasteiger partial charge in [0.2, 0.25) is 11.8 Å². The Morgan fingerprint density at radius 3 is 2.85 bits per heavy atom. The number of carbonyl (C=O) groups is 2. The molecule has 0 atom stereocenters. The maximum atomic E-state index is 11.8. The van der Waals surface area contributed by atoms with E-state index in [9.17, 15) is 9.59 Å². The first-order valence-electron chi connectivity index (χ1n) is 6.96. The average molecular weight is 276 g/mol. The lowest BCUT2D eigenvalue weighted by Gasteiger charge is -2.28. The maximum absolute atomic E-state index is 11.8. The molecular formula is C15H20N2O3. The Hall–Kier alpha value is -1.88. The Morgan fingerprint density at radius 2 is 2.15 bits per heavy atom. The molecule has 1 heterocycles. The van der Waals surface area contributed by atoms with Crippen LogP contribution in [0.4, 0.5) is 11.4 Å². The average Bonchev–Trinajstić information content (AvgIpc) is 2.45. The van der Waals surface area contributed by atoms with E-state index >= 15 is 0 Å². The van der Waals surface area contributed by atoms with E-state index in [1.54, 1.807) is 4.90 Å². The first-order valence-corrected chi connectivity index (χ1v) is 6.96. The van der Waals surface area contributed by atoms with E-state index < -0.39 is 0 Å². The zero-order chi connectivity index (χ0) is 14.5. The van der Waals surface area contributed by atoms with Crippen molar-refractivity contribution in [1.82, 2.24) is 0 Å². The number of hydrogen-bond acceptors (Lipinski definition) is 3. The summed E-state index contributed by atoms with van der Waals surface area (Å²) in [5, 5.41) is 2.80. The fourth-order valence-electron chi connectivity index (χ4n) is 2.38. The SMILES string of the molecule is CCOCC(=O)Nc1ccc2c(c1)CCC(=O)N2CC. The van der Waals surface area contributed by atoms with Crippen LogP contribution >= 0.6 is 0 Å². The Bertz CT molecular complexity index is 514. The second-order valence-corrected chi connectivity index (χ2v) is 4.67. The lowest BCUT2D eigenvalue weighted by atomic mass is 10.0. The highest BCUT2D eigenvalue weighted by atomic mass is 16.5. The van der Waals surface area contributed by atoms with Gasteiger partial charge in [0.15, 0.2) is 0 Å². The highest BCUT2D eigenvalue weighted by Gasteiger charge is 2.22. The molecule has 0 aliphatic carbocycles. The largest absolute Gasteiger partial charge is 0.372 e. The summed E-state index contributed by atoms with van der Waals surface area (Å²) in [6.07, 6.45) is 1.25. The smallest absolute Gasteiger partial charge is 0.250 e. The molecule has 1 aromatic rings. The molecular weight excluding hydrogens is 256 g/mol. The van der Waals surface area contributed by atoms with Gasteiger partial charge in [0.05, 0.1) is 0 Å². The lowest BCUT2D eigenvalue weighted by molar-refractivity contribution is -0.120. The molecule has 1 N–H and O–H groups in total. The Kier molecular flexibility index (Phi) is 4.74. The summed E-state index contributed by atoms with van der Waals surface area (Å²) < 4.78 is 5.06. The van der Waals surface area contributed by atoms with Crippen LogP contribution in [0.2, 0.25) is 0 Å². The third-order valence-corrected chi connectivity index (χ3v) is 3.32. The molecule has 5 nitrogen and oxygen atoms in total. The van der Waals surface area contributed by atoms with Crippen molar-refractivity contribution in [3.8, 4) is 0 Å². The van der Waals surface area contributed by atoms with Crippen molar-refractivity contribution >= 4 is 23.2 Å². The van der Waals surface area contributed by atoms with Crippen molar-refractivity contribution in [3.63, 3.8) is 0 Å². The second-order valence-electron chi connectivity index (χ2n) is 4.67. The summed E-state index contributed by atoms with van der Waals surface area (Å²) in [6, 6.07) is 5.66. The summed E-state index contributed by atoms with van der Waals surface area (Å²) in [5.41, 5.74) is 2.80. The summed E-state index contributed by atoms with van der Waals surface area (Å²) in [4.78, 5) is 25.2. The Morgan fingerprint density at radius 1 is 1.35 bits per heavy atom. The van der Waals surface area contributed by atoms with Crippen LogP contribution in [0.15, 0.2) is 18.2 Å². The minimum absolute atomic E-state index is 0.0627. The van der Waals surface area contributed by atoms with Crippen LogP contribution in [0.5, 0.6) is 0 Å². The Labute approximate surface area is 118 Å². The molecule has 2 rings (SSSR count). The normalized spacial score (nSPS) is 14.1. The number of amides is 2. The van der Waals surface area contributed by atoms with E-state index in [1.807, 2.05) is 32.0 Å². The molecule has 108 valence electrons. The van der Waals surface area contributed by atoms with Crippen LogP contribution < -0.4 is 10.2 Å². The van der Waals surface area contributed by atoms with Gasteiger partial charge < -0.3 is 15.0 Å². The zero-order valence-electron chi connectivity index (χ0n) is 11.9. The van der Waals surface area contributed by atoms with E-state index in [0.717, 1.165) is 23.4 Å². The molecule has 20 heavy (non-hydrogen) atoms. The highest BCUT2D eigenvalue weighted by Crippen LogP contribution is 2.30. The molecule has 5 heteroatoms. The minimum Gasteiger partial charge on any atom is -0.372 e. The molecule has 1 aliphatic rings. The van der Waals surface area contributed by atoms with Crippen LogP contribution in [0, 0.1) is 0 Å². The standard InChI is InChI=1S/C15H20N2O3/c1-3-17-13-7-6-12(16-14(18)10-20-4-2)9-11(13)5-8-15(17)19/h6-7,9H,3-5,8,10H2,1-2H3,(H,16,18). The fourth-order valence-corrected chi connectivity index (χ4v) is 2.38. The second kappa shape index (κ2) is 6.52. The number of nitrogens with one attached hydrogen (secondary N) is 1. The van der Waals surface area contributed by atoms with Gasteiger partial charge >= 0.3 is 0 Å². The van der Waals surface area contributed by atoms with E-state index in [-0.39, 0.29) is 18.4 Å². The predicted octanol–water partition coefficient (Wildman–Crippen LogP) is 1.96. The number of anilines is 2. The number of benzene rings is 1. The van der Waals surface area contributed by atoms with Gasteiger partial charge in [-0.1, -0.05) is 0 Å². The molecule has 1 aromatic carbocycles.